The molecule has 6 heteroatoms. The van der Waals surface area contributed by atoms with E-state index >= 15 is 0 Å². The maximum atomic E-state index is 10.5. The van der Waals surface area contributed by atoms with Gasteiger partial charge in [-0.2, -0.15) is 0 Å². The molecule has 0 radical (unpaired) electrons. The molecule has 0 bridgehead atoms. The molecule has 0 heterocycles. The highest BCUT2D eigenvalue weighted by molar-refractivity contribution is 5.72. The van der Waals surface area contributed by atoms with E-state index in [2.05, 4.69) is 0 Å². The van der Waals surface area contributed by atoms with Gasteiger partial charge in [0, 0.05) is 11.3 Å². The molecule has 1 rings (SSSR count). The summed E-state index contributed by atoms with van der Waals surface area (Å²) in [6, 6.07) is -1.36. The van der Waals surface area contributed by atoms with Crippen LogP contribution in [0.2, 0.25) is 0 Å². The predicted molar refractivity (Wildman–Crippen MR) is 46.4 cm³/mol. The number of carbonyl (C=O) groups is 1. The summed E-state index contributed by atoms with van der Waals surface area (Å²) in [5.74, 6) is -1.31. The standard InChI is InChI=1S/C8H13NO5/c10-7(8(11)12)6(9(13)14)4-5-2-1-3-5/h5-7,10H,1-4H2,(H,11,12)/t6-,7-/m0/s1. The molecule has 0 aliphatic heterocycles. The zero-order chi connectivity index (χ0) is 10.7. The third-order valence-electron chi connectivity index (χ3n) is 2.69. The lowest BCUT2D eigenvalue weighted by atomic mass is 9.80. The first-order valence-corrected chi connectivity index (χ1v) is 4.56. The van der Waals surface area contributed by atoms with Crippen LogP contribution in [0, 0.1) is 16.0 Å². The van der Waals surface area contributed by atoms with Crippen LogP contribution < -0.4 is 0 Å². The van der Waals surface area contributed by atoms with Crippen molar-refractivity contribution in [1.82, 2.24) is 0 Å². The van der Waals surface area contributed by atoms with Crippen LogP contribution in [-0.2, 0) is 4.79 Å². The van der Waals surface area contributed by atoms with Crippen LogP contribution in [-0.4, -0.2) is 33.3 Å². The largest absolute Gasteiger partial charge is 0.479 e. The Labute approximate surface area is 80.7 Å². The summed E-state index contributed by atoms with van der Waals surface area (Å²) in [4.78, 5) is 20.2. The molecule has 1 fully saturated rings. The van der Waals surface area contributed by atoms with Crippen LogP contribution in [0.1, 0.15) is 25.7 Å². The van der Waals surface area contributed by atoms with Crippen molar-refractivity contribution in [2.75, 3.05) is 0 Å². The number of carboxylic acid groups (broad SMARTS) is 1. The Morgan fingerprint density at radius 2 is 2.14 bits per heavy atom. The Bertz CT molecular complexity index is 238. The maximum Gasteiger partial charge on any atom is 0.339 e. The van der Waals surface area contributed by atoms with Crippen molar-refractivity contribution >= 4 is 5.97 Å². The highest BCUT2D eigenvalue weighted by Gasteiger charge is 2.38. The van der Waals surface area contributed by atoms with E-state index in [-0.39, 0.29) is 12.3 Å². The van der Waals surface area contributed by atoms with Crippen LogP contribution in [0.15, 0.2) is 0 Å². The molecule has 1 aliphatic rings. The lowest BCUT2D eigenvalue weighted by Crippen LogP contribution is -2.41. The second kappa shape index (κ2) is 4.36. The molecule has 0 aromatic rings. The normalized spacial score (nSPS) is 20.9. The van der Waals surface area contributed by atoms with Gasteiger partial charge in [-0.15, -0.1) is 0 Å². The first-order chi connectivity index (χ1) is 6.52. The van der Waals surface area contributed by atoms with E-state index in [1.54, 1.807) is 0 Å². The second-order valence-electron chi connectivity index (χ2n) is 3.67. The van der Waals surface area contributed by atoms with Crippen LogP contribution in [0.3, 0.4) is 0 Å². The predicted octanol–water partition coefficient (Wildman–Crippen LogP) is 0.267. The minimum absolute atomic E-state index is 0.167. The fraction of sp³-hybridized carbons (Fsp3) is 0.875. The fourth-order valence-electron chi connectivity index (χ4n) is 1.56. The zero-order valence-electron chi connectivity index (χ0n) is 7.63. The van der Waals surface area contributed by atoms with Crippen molar-refractivity contribution in [1.29, 1.82) is 0 Å². The van der Waals surface area contributed by atoms with E-state index in [0.717, 1.165) is 19.3 Å². The van der Waals surface area contributed by atoms with Gasteiger partial charge in [0.1, 0.15) is 0 Å². The summed E-state index contributed by atoms with van der Waals surface area (Å²) in [5, 5.41) is 28.0. The minimum atomic E-state index is -1.88. The van der Waals surface area contributed by atoms with E-state index in [1.165, 1.54) is 0 Å². The van der Waals surface area contributed by atoms with Crippen LogP contribution in [0.25, 0.3) is 0 Å². The van der Waals surface area contributed by atoms with E-state index in [9.17, 15) is 14.9 Å². The first kappa shape index (κ1) is 10.9. The molecule has 0 unspecified atom stereocenters. The highest BCUT2D eigenvalue weighted by atomic mass is 16.6. The number of carboxylic acids is 1. The first-order valence-electron chi connectivity index (χ1n) is 4.56. The Morgan fingerprint density at radius 1 is 1.57 bits per heavy atom. The van der Waals surface area contributed by atoms with Gasteiger partial charge in [-0.05, 0) is 5.92 Å². The van der Waals surface area contributed by atoms with Crippen molar-refractivity contribution < 1.29 is 19.9 Å². The molecular formula is C8H13NO5. The van der Waals surface area contributed by atoms with E-state index in [4.69, 9.17) is 10.2 Å². The highest BCUT2D eigenvalue weighted by Crippen LogP contribution is 2.31. The SMILES string of the molecule is O=C(O)[C@@H](O)[C@H](CC1CCC1)[N+](=O)[O-]. The van der Waals surface area contributed by atoms with Gasteiger partial charge in [-0.3, -0.25) is 10.1 Å². The fourth-order valence-corrected chi connectivity index (χ4v) is 1.56. The molecule has 0 aromatic carbocycles. The summed E-state index contributed by atoms with van der Waals surface area (Å²) in [7, 11) is 0. The van der Waals surface area contributed by atoms with E-state index in [1.807, 2.05) is 0 Å². The number of aliphatic hydroxyl groups is 1. The molecule has 14 heavy (non-hydrogen) atoms. The van der Waals surface area contributed by atoms with Gasteiger partial charge in [0.15, 0.2) is 0 Å². The summed E-state index contributed by atoms with van der Waals surface area (Å²) in [5.41, 5.74) is 0. The molecule has 0 aromatic heterocycles. The van der Waals surface area contributed by atoms with Gasteiger partial charge in [-0.1, -0.05) is 19.3 Å². The molecule has 6 nitrogen and oxygen atoms in total. The van der Waals surface area contributed by atoms with Crippen molar-refractivity contribution in [2.45, 2.75) is 37.8 Å². The molecule has 2 atom stereocenters. The van der Waals surface area contributed by atoms with Crippen molar-refractivity contribution in [2.24, 2.45) is 5.92 Å². The maximum absolute atomic E-state index is 10.5. The minimum Gasteiger partial charge on any atom is -0.479 e. The quantitative estimate of drug-likeness (QED) is 0.493. The third kappa shape index (κ3) is 2.41. The average molecular weight is 203 g/mol. The lowest BCUT2D eigenvalue weighted by Gasteiger charge is -2.26. The third-order valence-corrected chi connectivity index (χ3v) is 2.69. The Hall–Kier alpha value is -1.17. The van der Waals surface area contributed by atoms with Crippen LogP contribution in [0.5, 0.6) is 0 Å². The Kier molecular flexibility index (Phi) is 3.40. The number of hydrogen-bond acceptors (Lipinski definition) is 4. The van der Waals surface area contributed by atoms with Gasteiger partial charge in [-0.25, -0.2) is 4.79 Å². The van der Waals surface area contributed by atoms with Crippen LogP contribution in [0.4, 0.5) is 0 Å². The molecule has 2 N–H and O–H groups in total. The molecule has 1 aliphatic carbocycles. The topological polar surface area (TPSA) is 101 Å². The molecule has 0 amide bonds. The smallest absolute Gasteiger partial charge is 0.339 e. The number of nitrogens with zero attached hydrogens (tertiary/aromatic N) is 1. The Balaban J connectivity index is 2.53. The second-order valence-corrected chi connectivity index (χ2v) is 3.67. The summed E-state index contributed by atoms with van der Waals surface area (Å²) >= 11 is 0. The number of hydrogen-bond donors (Lipinski definition) is 2. The van der Waals surface area contributed by atoms with Crippen molar-refractivity contribution in [3.8, 4) is 0 Å². The van der Waals surface area contributed by atoms with Crippen LogP contribution >= 0.6 is 0 Å². The molecule has 0 saturated heterocycles. The van der Waals surface area contributed by atoms with E-state index < -0.39 is 23.0 Å². The van der Waals surface area contributed by atoms with Crippen molar-refractivity contribution in [3.05, 3.63) is 10.1 Å². The van der Waals surface area contributed by atoms with Gasteiger partial charge in [0.25, 0.3) is 0 Å². The molecule has 80 valence electrons. The average Bonchev–Trinajstić information content (AvgIpc) is 2.00. The lowest BCUT2D eigenvalue weighted by molar-refractivity contribution is -0.534. The summed E-state index contributed by atoms with van der Waals surface area (Å²) < 4.78 is 0. The van der Waals surface area contributed by atoms with Gasteiger partial charge < -0.3 is 10.2 Å². The Morgan fingerprint density at radius 3 is 2.43 bits per heavy atom. The zero-order valence-corrected chi connectivity index (χ0v) is 7.63. The summed E-state index contributed by atoms with van der Waals surface area (Å²) in [6.07, 6.45) is 1.12. The van der Waals surface area contributed by atoms with Gasteiger partial charge in [0.2, 0.25) is 12.1 Å². The number of aliphatic hydroxyl groups excluding tert-OH is 1. The summed E-state index contributed by atoms with van der Waals surface area (Å²) in [6.45, 7) is 0. The number of nitro groups is 1. The molecule has 0 spiro atoms. The van der Waals surface area contributed by atoms with Gasteiger partial charge >= 0.3 is 5.97 Å². The monoisotopic (exact) mass is 203 g/mol. The van der Waals surface area contributed by atoms with E-state index in [0.29, 0.717) is 0 Å². The number of rotatable bonds is 5. The van der Waals surface area contributed by atoms with Crippen molar-refractivity contribution in [3.63, 3.8) is 0 Å². The number of aliphatic carboxylic acids is 1. The van der Waals surface area contributed by atoms with Gasteiger partial charge in [0.05, 0.1) is 0 Å². The molecule has 1 saturated carbocycles. The molecular weight excluding hydrogens is 190 g/mol.